The average molecular weight is 600 g/mol. The molecule has 0 spiro atoms. The minimum absolute atomic E-state index is 0. The maximum Gasteiger partial charge on any atom is 1.00 e. The topological polar surface area (TPSA) is 251 Å². The van der Waals surface area contributed by atoms with E-state index in [1.807, 2.05) is 0 Å². The number of carboxylic acids is 6. The van der Waals surface area contributed by atoms with E-state index in [1.165, 1.54) is 62.3 Å². The largest absolute Gasteiger partial charge is 1.00 e. The molecule has 0 saturated carbocycles. The van der Waals surface area contributed by atoms with Crippen LogP contribution in [0.25, 0.3) is 0 Å². The number of hydrogen-bond donors (Lipinski definition) is 6. The van der Waals surface area contributed by atoms with Crippen molar-refractivity contribution in [3.63, 3.8) is 0 Å². The fourth-order valence-corrected chi connectivity index (χ4v) is 1.63. The molecule has 6 N–H and O–H groups in total. The van der Waals surface area contributed by atoms with Crippen LogP contribution >= 0.6 is 0 Å². The predicted molar refractivity (Wildman–Crippen MR) is 123 cm³/mol. The van der Waals surface area contributed by atoms with Crippen molar-refractivity contribution < 1.29 is 167 Å². The zero-order valence-electron chi connectivity index (χ0n) is 27.6. The van der Waals surface area contributed by atoms with Gasteiger partial charge in [-0.3, -0.25) is 0 Å². The van der Waals surface area contributed by atoms with Crippen molar-refractivity contribution in [1.82, 2.24) is 0 Å². The van der Waals surface area contributed by atoms with Crippen LogP contribution in [0.3, 0.4) is 0 Å². The summed E-state index contributed by atoms with van der Waals surface area (Å²) in [6, 6.07) is 0. The molecule has 0 saturated heterocycles. The molecule has 3 unspecified atom stereocenters. The molecule has 0 bridgehead atoms. The van der Waals surface area contributed by atoms with Crippen molar-refractivity contribution in [2.75, 3.05) is 0 Å². The molecule has 0 aliphatic carbocycles. The molecule has 0 aromatic rings. The van der Waals surface area contributed by atoms with Crippen molar-refractivity contribution in [3.8, 4) is 0 Å². The van der Waals surface area contributed by atoms with E-state index >= 15 is 0 Å². The summed E-state index contributed by atoms with van der Waals surface area (Å²) in [5, 5.41) is 50.9. The summed E-state index contributed by atoms with van der Waals surface area (Å²) in [6.45, 7) is 11.7. The van der Waals surface area contributed by atoms with E-state index in [0.717, 1.165) is 0 Å². The van der Waals surface area contributed by atoms with E-state index in [9.17, 15) is 28.8 Å². The maximum atomic E-state index is 10.5. The van der Waals surface area contributed by atoms with Crippen LogP contribution in [0.15, 0.2) is 0 Å². The van der Waals surface area contributed by atoms with Crippen molar-refractivity contribution in [3.05, 3.63) is 0 Å². The first-order valence-corrected chi connectivity index (χ1v) is 10.2. The first-order chi connectivity index (χ1) is 15.8. The van der Waals surface area contributed by atoms with Crippen molar-refractivity contribution in [1.29, 1.82) is 0 Å². The average Bonchev–Trinajstić information content (AvgIpc) is 2.67. The SMILES string of the molecule is CC(OC(C)(C)C(=O)O)C(=O)O.CC(OC(C)(C)C(=O)O)C(=O)O.CC(OC(C)(C)C(=O)O)C(=O)O.[H-].[H-].[H-].[Na+].[Na+].[Na+]. The van der Waals surface area contributed by atoms with E-state index in [-0.39, 0.29) is 93.0 Å². The van der Waals surface area contributed by atoms with Gasteiger partial charge in [0, 0.05) is 0 Å². The van der Waals surface area contributed by atoms with Crippen LogP contribution in [-0.4, -0.2) is 102 Å². The molecule has 39 heavy (non-hydrogen) atoms. The molecule has 15 nitrogen and oxygen atoms in total. The van der Waals surface area contributed by atoms with E-state index in [1.54, 1.807) is 0 Å². The van der Waals surface area contributed by atoms with Crippen molar-refractivity contribution >= 4 is 35.8 Å². The van der Waals surface area contributed by atoms with Crippen LogP contribution in [0, 0.1) is 0 Å². The van der Waals surface area contributed by atoms with Gasteiger partial charge in [0.15, 0.2) is 35.1 Å². The number of hydrogen-bond acceptors (Lipinski definition) is 9. The second-order valence-corrected chi connectivity index (χ2v) is 8.74. The van der Waals surface area contributed by atoms with Gasteiger partial charge in [0.25, 0.3) is 0 Å². The minimum atomic E-state index is -1.46. The van der Waals surface area contributed by atoms with Gasteiger partial charge in [-0.2, -0.15) is 0 Å². The second-order valence-electron chi connectivity index (χ2n) is 8.74. The smallest absolute Gasteiger partial charge is 1.00 e. The molecule has 216 valence electrons. The van der Waals surface area contributed by atoms with Gasteiger partial charge in [-0.25, -0.2) is 28.8 Å². The normalized spacial score (nSPS) is 12.8. The molecule has 0 radical (unpaired) electrons. The standard InChI is InChI=1S/3C7H12O5.3Na.3H/c3*1-4(5(8)9)12-7(2,3)6(10)11;;;;;;/h3*4H,1-3H3,(H,8,9)(H,10,11);;;;;;/q;;;3*+1;3*-1. The molecule has 0 aromatic carbocycles. The van der Waals surface area contributed by atoms with Gasteiger partial charge in [0.05, 0.1) is 0 Å². The third-order valence-electron chi connectivity index (χ3n) is 4.00. The number of ether oxygens (including phenoxy) is 3. The Hall–Kier alpha value is -0.300. The van der Waals surface area contributed by atoms with E-state index in [0.29, 0.717) is 0 Å². The second kappa shape index (κ2) is 22.3. The zero-order valence-corrected chi connectivity index (χ0v) is 30.6. The summed E-state index contributed by atoms with van der Waals surface area (Å²) in [4.78, 5) is 62.2. The van der Waals surface area contributed by atoms with Gasteiger partial charge in [0.1, 0.15) is 0 Å². The number of rotatable bonds is 12. The van der Waals surface area contributed by atoms with Crippen LogP contribution in [-0.2, 0) is 43.0 Å². The summed E-state index contributed by atoms with van der Waals surface area (Å²) in [5.41, 5.74) is -4.38. The third kappa shape index (κ3) is 24.0. The van der Waals surface area contributed by atoms with Crippen LogP contribution in [0.5, 0.6) is 0 Å². The Kier molecular flexibility index (Phi) is 29.4. The molecule has 18 heteroatoms. The monoisotopic (exact) mass is 600 g/mol. The summed E-state index contributed by atoms with van der Waals surface area (Å²) in [7, 11) is 0. The van der Waals surface area contributed by atoms with Crippen LogP contribution in [0.4, 0.5) is 0 Å². The van der Waals surface area contributed by atoms with Crippen molar-refractivity contribution in [2.24, 2.45) is 0 Å². The fraction of sp³-hybridized carbons (Fsp3) is 0.714. The van der Waals surface area contributed by atoms with Crippen LogP contribution < -0.4 is 88.7 Å². The van der Waals surface area contributed by atoms with Gasteiger partial charge >= 0.3 is 124 Å². The number of carbonyl (C=O) groups is 6. The first kappa shape index (κ1) is 51.4. The van der Waals surface area contributed by atoms with Crippen LogP contribution in [0.2, 0.25) is 0 Å². The fourth-order valence-electron chi connectivity index (χ4n) is 1.63. The number of aliphatic carboxylic acids is 6. The molecule has 0 aliphatic heterocycles. The molecule has 0 fully saturated rings. The first-order valence-electron chi connectivity index (χ1n) is 10.2. The predicted octanol–water partition coefficient (Wildman–Crippen LogP) is -7.63. The Balaban J connectivity index is -0.0000000519. The summed E-state index contributed by atoms with van der Waals surface area (Å²) >= 11 is 0. The van der Waals surface area contributed by atoms with Crippen molar-refractivity contribution in [2.45, 2.75) is 97.4 Å². The maximum absolute atomic E-state index is 10.5. The Morgan fingerprint density at radius 1 is 0.462 bits per heavy atom. The quantitative estimate of drug-likeness (QED) is 0.114. The Morgan fingerprint density at radius 2 is 0.590 bits per heavy atom. The van der Waals surface area contributed by atoms with E-state index in [4.69, 9.17) is 44.8 Å². The summed E-state index contributed by atoms with van der Waals surface area (Å²) in [6.07, 6.45) is -3.34. The van der Waals surface area contributed by atoms with Gasteiger partial charge in [-0.1, -0.05) is 0 Å². The molecule has 0 rings (SSSR count). The molecule has 0 aliphatic rings. The zero-order chi connectivity index (χ0) is 29.8. The van der Waals surface area contributed by atoms with Gasteiger partial charge in [0.2, 0.25) is 0 Å². The van der Waals surface area contributed by atoms with Gasteiger partial charge in [-0.15, -0.1) is 0 Å². The van der Waals surface area contributed by atoms with E-state index < -0.39 is 70.9 Å². The molecular weight excluding hydrogens is 561 g/mol. The number of carboxylic acid groups (broad SMARTS) is 6. The van der Waals surface area contributed by atoms with E-state index in [2.05, 4.69) is 0 Å². The summed E-state index contributed by atoms with van der Waals surface area (Å²) < 4.78 is 14.3. The van der Waals surface area contributed by atoms with Crippen LogP contribution in [0.1, 0.15) is 66.6 Å². The van der Waals surface area contributed by atoms with Gasteiger partial charge < -0.3 is 49.1 Å². The molecule has 3 atom stereocenters. The minimum Gasteiger partial charge on any atom is -1.00 e. The Morgan fingerprint density at radius 3 is 0.667 bits per heavy atom. The Labute approximate surface area is 297 Å². The third-order valence-corrected chi connectivity index (χ3v) is 4.00. The molecular formula is C21H39Na3O15. The van der Waals surface area contributed by atoms with Gasteiger partial charge in [-0.05, 0) is 62.3 Å². The molecule has 0 aromatic heterocycles. The molecule has 0 heterocycles. The Bertz CT molecular complexity index is 723. The summed E-state index contributed by atoms with van der Waals surface area (Å²) in [5.74, 6) is -7.08. The molecule has 0 amide bonds.